The van der Waals surface area contributed by atoms with Gasteiger partial charge in [0.1, 0.15) is 29.5 Å². The topological polar surface area (TPSA) is 123 Å². The maximum atomic E-state index is 13.2. The fourth-order valence-electron chi connectivity index (χ4n) is 5.00. The molecule has 206 valence electrons. The minimum atomic E-state index is -3.93. The summed E-state index contributed by atoms with van der Waals surface area (Å²) in [6.45, 7) is 0.0672. The van der Waals surface area contributed by atoms with Crippen LogP contribution in [0.25, 0.3) is 0 Å². The number of carbonyl (C=O) groups excluding carboxylic acids is 1. The van der Waals surface area contributed by atoms with E-state index in [1.54, 1.807) is 25.3 Å². The number of ether oxygens (including phenoxy) is 3. The largest absolute Gasteiger partial charge is 0.497 e. The number of halogens is 1. The summed E-state index contributed by atoms with van der Waals surface area (Å²) in [5, 5.41) is 12.9. The molecule has 4 atom stereocenters. The summed E-state index contributed by atoms with van der Waals surface area (Å²) in [6.07, 6.45) is -1.02. The zero-order valence-corrected chi connectivity index (χ0v) is 22.0. The van der Waals surface area contributed by atoms with Gasteiger partial charge in [-0.25, -0.2) is 12.8 Å². The second-order valence-electron chi connectivity index (χ2n) is 9.54. The molecule has 0 aliphatic carbocycles. The zero-order chi connectivity index (χ0) is 27.6. The van der Waals surface area contributed by atoms with Gasteiger partial charge < -0.3 is 24.6 Å². The monoisotopic (exact) mass is 556 g/mol. The van der Waals surface area contributed by atoms with Crippen LogP contribution in [0.15, 0.2) is 71.6 Å². The van der Waals surface area contributed by atoms with Crippen molar-refractivity contribution >= 4 is 21.6 Å². The number of aliphatic hydroxyl groups excluding tert-OH is 1. The van der Waals surface area contributed by atoms with Crippen LogP contribution < -0.4 is 19.5 Å². The predicted octanol–water partition coefficient (Wildman–Crippen LogP) is 3.34. The molecule has 0 aromatic heterocycles. The number of hydrogen-bond donors (Lipinski definition) is 3. The van der Waals surface area contributed by atoms with Crippen molar-refractivity contribution in [3.63, 3.8) is 0 Å². The van der Waals surface area contributed by atoms with Crippen LogP contribution in [0.4, 0.5) is 10.1 Å². The fraction of sp³-hybridized carbons (Fsp3) is 0.321. The molecule has 0 bridgehead atoms. The Bertz CT molecular complexity index is 1430. The van der Waals surface area contributed by atoms with Crippen molar-refractivity contribution in [2.45, 2.75) is 48.5 Å². The van der Waals surface area contributed by atoms with Gasteiger partial charge in [-0.15, -0.1) is 0 Å². The molecule has 1 amide bonds. The lowest BCUT2D eigenvalue weighted by Crippen LogP contribution is -2.47. The first kappa shape index (κ1) is 26.9. The summed E-state index contributed by atoms with van der Waals surface area (Å²) < 4.78 is 58.6. The van der Waals surface area contributed by atoms with Crippen LogP contribution in [-0.4, -0.2) is 51.5 Å². The Balaban J connectivity index is 1.26. The third-order valence-corrected chi connectivity index (χ3v) is 8.33. The Morgan fingerprint density at radius 1 is 1.10 bits per heavy atom. The van der Waals surface area contributed by atoms with Crippen molar-refractivity contribution in [1.82, 2.24) is 5.32 Å². The summed E-state index contributed by atoms with van der Waals surface area (Å²) in [5.74, 6) is 0.375. The van der Waals surface area contributed by atoms with Gasteiger partial charge in [-0.2, -0.15) is 0 Å². The van der Waals surface area contributed by atoms with Gasteiger partial charge in [0.2, 0.25) is 5.91 Å². The summed E-state index contributed by atoms with van der Waals surface area (Å²) >= 11 is 0. The summed E-state index contributed by atoms with van der Waals surface area (Å²) in [7, 11) is -2.34. The molecule has 5 rings (SSSR count). The molecule has 0 saturated carbocycles. The molecule has 39 heavy (non-hydrogen) atoms. The Labute approximate surface area is 226 Å². The SMILES string of the molecule is COc1ccc(CNC(=O)C[C@@H]2C[C@H]3c4cc(NS(=O)(=O)c5ccc(F)cc5)ccc4O[C@H]3[C@@H](CO)O2)cc1. The molecule has 2 aliphatic heterocycles. The third-order valence-electron chi connectivity index (χ3n) is 6.94. The Morgan fingerprint density at radius 3 is 2.54 bits per heavy atom. The standard InChI is InChI=1S/C28H29FN2O7S/c1-36-20-7-2-17(3-8-20)15-30-27(33)14-21-13-24-23-12-19(6-11-25(23)38-28(24)26(16-32)37-21)31-39(34,35)22-9-4-18(29)5-10-22/h2-12,21,24,26,28,31-32H,13-16H2,1H3,(H,30,33)/t21-,24-,26+,28+/m0/s1. The van der Waals surface area contributed by atoms with E-state index in [0.717, 1.165) is 29.0 Å². The lowest BCUT2D eigenvalue weighted by Gasteiger charge is -2.37. The molecule has 1 fully saturated rings. The lowest BCUT2D eigenvalue weighted by molar-refractivity contribution is -0.142. The van der Waals surface area contributed by atoms with E-state index >= 15 is 0 Å². The normalized spacial score (nSPS) is 21.8. The zero-order valence-electron chi connectivity index (χ0n) is 21.2. The van der Waals surface area contributed by atoms with Crippen LogP contribution in [0.1, 0.15) is 29.9 Å². The second kappa shape index (κ2) is 11.2. The number of nitrogens with one attached hydrogen (secondary N) is 2. The molecule has 2 heterocycles. The lowest BCUT2D eigenvalue weighted by atomic mass is 9.84. The highest BCUT2D eigenvalue weighted by Gasteiger charge is 2.46. The van der Waals surface area contributed by atoms with E-state index in [4.69, 9.17) is 14.2 Å². The van der Waals surface area contributed by atoms with Gasteiger partial charge in [-0.05, 0) is 66.6 Å². The maximum absolute atomic E-state index is 13.2. The quantitative estimate of drug-likeness (QED) is 0.370. The molecule has 1 saturated heterocycles. The van der Waals surface area contributed by atoms with Crippen molar-refractivity contribution in [2.24, 2.45) is 0 Å². The number of methoxy groups -OCH3 is 1. The first-order chi connectivity index (χ1) is 18.8. The number of carbonyl (C=O) groups is 1. The minimum absolute atomic E-state index is 0.0642. The van der Waals surface area contributed by atoms with Crippen LogP contribution in [0, 0.1) is 5.82 Å². The van der Waals surface area contributed by atoms with Gasteiger partial charge in [0, 0.05) is 23.7 Å². The van der Waals surface area contributed by atoms with Crippen molar-refractivity contribution in [3.8, 4) is 11.5 Å². The van der Waals surface area contributed by atoms with Crippen LogP contribution in [0.5, 0.6) is 11.5 Å². The highest BCUT2D eigenvalue weighted by molar-refractivity contribution is 7.92. The van der Waals surface area contributed by atoms with Crippen molar-refractivity contribution in [2.75, 3.05) is 18.4 Å². The smallest absolute Gasteiger partial charge is 0.261 e. The summed E-state index contributed by atoms with van der Waals surface area (Å²) in [6, 6.07) is 16.9. The van der Waals surface area contributed by atoms with E-state index in [2.05, 4.69) is 10.0 Å². The summed E-state index contributed by atoms with van der Waals surface area (Å²) in [5.41, 5.74) is 2.02. The van der Waals surface area contributed by atoms with Crippen molar-refractivity contribution in [3.05, 3.63) is 83.7 Å². The predicted molar refractivity (Wildman–Crippen MR) is 141 cm³/mol. The Hall–Kier alpha value is -3.67. The highest BCUT2D eigenvalue weighted by Crippen LogP contribution is 2.47. The van der Waals surface area contributed by atoms with Crippen molar-refractivity contribution < 1.29 is 36.9 Å². The first-order valence-corrected chi connectivity index (χ1v) is 14.0. The van der Waals surface area contributed by atoms with E-state index in [1.165, 1.54) is 12.1 Å². The van der Waals surface area contributed by atoms with Crippen LogP contribution in [-0.2, 0) is 26.1 Å². The van der Waals surface area contributed by atoms with Crippen molar-refractivity contribution in [1.29, 1.82) is 0 Å². The molecule has 3 N–H and O–H groups in total. The molecular weight excluding hydrogens is 527 g/mol. The van der Waals surface area contributed by atoms with Gasteiger partial charge in [0.25, 0.3) is 10.0 Å². The molecule has 9 nitrogen and oxygen atoms in total. The van der Waals surface area contributed by atoms with Gasteiger partial charge >= 0.3 is 0 Å². The van der Waals surface area contributed by atoms with E-state index in [9.17, 15) is 22.7 Å². The molecule has 0 unspecified atom stereocenters. The molecule has 11 heteroatoms. The van der Waals surface area contributed by atoms with E-state index in [1.807, 2.05) is 24.3 Å². The Morgan fingerprint density at radius 2 is 1.85 bits per heavy atom. The molecule has 3 aromatic rings. The van der Waals surface area contributed by atoms with Crippen LogP contribution >= 0.6 is 0 Å². The molecule has 0 spiro atoms. The van der Waals surface area contributed by atoms with E-state index in [0.29, 0.717) is 24.4 Å². The maximum Gasteiger partial charge on any atom is 0.261 e. The average molecular weight is 557 g/mol. The minimum Gasteiger partial charge on any atom is -0.497 e. The van der Waals surface area contributed by atoms with Crippen LogP contribution in [0.3, 0.4) is 0 Å². The Kier molecular flexibility index (Phi) is 7.74. The molecule has 2 aliphatic rings. The number of benzene rings is 3. The number of amides is 1. The average Bonchev–Trinajstić information content (AvgIpc) is 3.29. The number of fused-ring (bicyclic) bond motifs is 3. The second-order valence-corrected chi connectivity index (χ2v) is 11.2. The van der Waals surface area contributed by atoms with E-state index < -0.39 is 34.2 Å². The van der Waals surface area contributed by atoms with Gasteiger partial charge in [0.05, 0.1) is 31.1 Å². The number of hydrogen-bond acceptors (Lipinski definition) is 7. The van der Waals surface area contributed by atoms with Gasteiger partial charge in [-0.1, -0.05) is 12.1 Å². The number of rotatable bonds is 9. The van der Waals surface area contributed by atoms with Crippen LogP contribution in [0.2, 0.25) is 0 Å². The van der Waals surface area contributed by atoms with Gasteiger partial charge in [-0.3, -0.25) is 9.52 Å². The number of aliphatic hydroxyl groups is 1. The molecule has 3 aromatic carbocycles. The summed E-state index contributed by atoms with van der Waals surface area (Å²) in [4.78, 5) is 12.6. The number of anilines is 1. The number of sulfonamides is 1. The molecule has 0 radical (unpaired) electrons. The highest BCUT2D eigenvalue weighted by atomic mass is 32.2. The first-order valence-electron chi connectivity index (χ1n) is 12.5. The third kappa shape index (κ3) is 6.00. The van der Waals surface area contributed by atoms with Gasteiger partial charge in [0.15, 0.2) is 0 Å². The fourth-order valence-corrected chi connectivity index (χ4v) is 6.05. The molecular formula is C28H29FN2O7S. The van der Waals surface area contributed by atoms with E-state index in [-0.39, 0.29) is 29.7 Å².